The summed E-state index contributed by atoms with van der Waals surface area (Å²) in [5.41, 5.74) is -0.357. The highest BCUT2D eigenvalue weighted by molar-refractivity contribution is 5.79. The van der Waals surface area contributed by atoms with Crippen molar-refractivity contribution in [1.29, 1.82) is 0 Å². The van der Waals surface area contributed by atoms with Gasteiger partial charge in [0.15, 0.2) is 0 Å². The van der Waals surface area contributed by atoms with Crippen LogP contribution in [-0.4, -0.2) is 41.3 Å². The molecule has 1 aliphatic rings. The lowest BCUT2D eigenvalue weighted by Crippen LogP contribution is -2.38. The smallest absolute Gasteiger partial charge is 0.394 e. The summed E-state index contributed by atoms with van der Waals surface area (Å²) in [6.07, 6.45) is -5.60. The fraction of sp³-hybridized carbons (Fsp3) is 0.500. The molecule has 0 aliphatic carbocycles. The summed E-state index contributed by atoms with van der Waals surface area (Å²) in [6, 6.07) is 3.74. The van der Waals surface area contributed by atoms with Crippen molar-refractivity contribution in [2.45, 2.75) is 31.2 Å². The first-order chi connectivity index (χ1) is 9.81. The summed E-state index contributed by atoms with van der Waals surface area (Å²) < 4.78 is 50.5. The monoisotopic (exact) mass is 305 g/mol. The third-order valence-corrected chi connectivity index (χ3v) is 3.53. The molecule has 21 heavy (non-hydrogen) atoms. The van der Waals surface area contributed by atoms with Gasteiger partial charge >= 0.3 is 6.18 Å². The van der Waals surface area contributed by atoms with Crippen LogP contribution in [0.1, 0.15) is 17.5 Å². The summed E-state index contributed by atoms with van der Waals surface area (Å²) in [5.74, 6) is -0.394. The molecule has 1 fully saturated rings. The molecule has 0 saturated carbocycles. The number of alkyl halides is 4. The average molecular weight is 305 g/mol. The van der Waals surface area contributed by atoms with Gasteiger partial charge < -0.3 is 10.0 Å². The van der Waals surface area contributed by atoms with E-state index >= 15 is 0 Å². The quantitative estimate of drug-likeness (QED) is 0.870. The number of hydrogen-bond acceptors (Lipinski definition) is 2. The molecule has 116 valence electrons. The molecule has 1 N–H and O–H groups in total. The molecule has 1 saturated heterocycles. The number of halogens is 4. The Hall–Kier alpha value is -1.63. The Balaban J connectivity index is 2.03. The highest BCUT2D eigenvalue weighted by Gasteiger charge is 2.35. The van der Waals surface area contributed by atoms with E-state index in [1.165, 1.54) is 17.0 Å². The van der Waals surface area contributed by atoms with Crippen molar-refractivity contribution < 1.29 is 27.5 Å². The predicted molar refractivity (Wildman–Crippen MR) is 67.2 cm³/mol. The molecule has 0 aromatic heterocycles. The molecular formula is C14H15F4NO2. The summed E-state index contributed by atoms with van der Waals surface area (Å²) in [7, 11) is 0. The molecular weight excluding hydrogens is 290 g/mol. The fourth-order valence-corrected chi connectivity index (χ4v) is 2.43. The number of rotatable bonds is 3. The lowest BCUT2D eigenvalue weighted by atomic mass is 10.1. The van der Waals surface area contributed by atoms with Gasteiger partial charge in [0, 0.05) is 6.42 Å². The number of hydrogen-bond donors (Lipinski definition) is 1. The van der Waals surface area contributed by atoms with Crippen molar-refractivity contribution in [2.75, 3.05) is 13.2 Å². The number of benzene rings is 1. The lowest BCUT2D eigenvalue weighted by Gasteiger charge is -2.22. The van der Waals surface area contributed by atoms with Crippen LogP contribution in [0.2, 0.25) is 0 Å². The topological polar surface area (TPSA) is 40.5 Å². The molecule has 0 bridgehead atoms. The zero-order valence-electron chi connectivity index (χ0n) is 11.1. The van der Waals surface area contributed by atoms with Crippen LogP contribution in [0.5, 0.6) is 0 Å². The van der Waals surface area contributed by atoms with E-state index in [9.17, 15) is 22.4 Å². The molecule has 7 heteroatoms. The van der Waals surface area contributed by atoms with Gasteiger partial charge in [-0.05, 0) is 17.7 Å². The second-order valence-electron chi connectivity index (χ2n) is 5.09. The maximum Gasteiger partial charge on any atom is 0.416 e. The van der Waals surface area contributed by atoms with Crippen LogP contribution in [0, 0.1) is 0 Å². The van der Waals surface area contributed by atoms with Crippen LogP contribution < -0.4 is 0 Å². The number of aliphatic hydroxyl groups is 1. The van der Waals surface area contributed by atoms with E-state index in [2.05, 4.69) is 0 Å². The minimum Gasteiger partial charge on any atom is -0.394 e. The normalized spacial score (nSPS) is 22.6. The van der Waals surface area contributed by atoms with Crippen molar-refractivity contribution >= 4 is 5.91 Å². The van der Waals surface area contributed by atoms with E-state index in [-0.39, 0.29) is 26.0 Å². The van der Waals surface area contributed by atoms with E-state index in [1.54, 1.807) is 0 Å². The van der Waals surface area contributed by atoms with Gasteiger partial charge in [-0.25, -0.2) is 4.39 Å². The van der Waals surface area contributed by atoms with Gasteiger partial charge in [0.05, 0.1) is 31.2 Å². The van der Waals surface area contributed by atoms with Gasteiger partial charge in [-0.3, -0.25) is 4.79 Å². The Morgan fingerprint density at radius 3 is 2.43 bits per heavy atom. The van der Waals surface area contributed by atoms with E-state index in [0.29, 0.717) is 5.56 Å². The zero-order valence-corrected chi connectivity index (χ0v) is 11.1. The first-order valence-electron chi connectivity index (χ1n) is 6.52. The Bertz CT molecular complexity index is 501. The number of carbonyl (C=O) groups is 1. The Labute approximate surface area is 119 Å². The maximum atomic E-state index is 13.3. The number of likely N-dealkylation sites (tertiary alicyclic amines) is 1. The second kappa shape index (κ2) is 6.01. The minimum absolute atomic E-state index is 0.0787. The first-order valence-corrected chi connectivity index (χ1v) is 6.52. The van der Waals surface area contributed by atoms with Gasteiger partial charge in [0.25, 0.3) is 0 Å². The van der Waals surface area contributed by atoms with Crippen molar-refractivity contribution in [1.82, 2.24) is 4.90 Å². The standard InChI is InChI=1S/C14H15F4NO2/c15-11-6-12(8-20)19(7-11)13(21)5-9-1-3-10(4-2-9)14(16,17)18/h1-4,11-12,20H,5-8H2/t11-,12-/m0/s1. The van der Waals surface area contributed by atoms with Crippen LogP contribution in [0.4, 0.5) is 17.6 Å². The average Bonchev–Trinajstić information content (AvgIpc) is 2.79. The van der Waals surface area contributed by atoms with Gasteiger partial charge in [-0.1, -0.05) is 12.1 Å². The predicted octanol–water partition coefficient (Wildman–Crippen LogP) is 2.18. The molecule has 1 aliphatic heterocycles. The van der Waals surface area contributed by atoms with Crippen molar-refractivity contribution in [3.05, 3.63) is 35.4 Å². The van der Waals surface area contributed by atoms with Gasteiger partial charge in [-0.2, -0.15) is 13.2 Å². The minimum atomic E-state index is -4.42. The number of carbonyl (C=O) groups excluding carboxylic acids is 1. The summed E-state index contributed by atoms with van der Waals surface area (Å²) in [6.45, 7) is -0.399. The summed E-state index contributed by atoms with van der Waals surface area (Å²) >= 11 is 0. The largest absolute Gasteiger partial charge is 0.416 e. The van der Waals surface area contributed by atoms with Crippen molar-refractivity contribution in [2.24, 2.45) is 0 Å². The number of nitrogens with zero attached hydrogens (tertiary/aromatic N) is 1. The molecule has 3 nitrogen and oxygen atoms in total. The summed E-state index contributed by atoms with van der Waals surface area (Å²) in [5, 5.41) is 9.11. The third-order valence-electron chi connectivity index (χ3n) is 3.53. The Morgan fingerprint density at radius 2 is 1.90 bits per heavy atom. The van der Waals surface area contributed by atoms with Gasteiger partial charge in [0.1, 0.15) is 6.17 Å². The number of amides is 1. The highest BCUT2D eigenvalue weighted by Crippen LogP contribution is 2.29. The van der Waals surface area contributed by atoms with E-state index in [4.69, 9.17) is 5.11 Å². The van der Waals surface area contributed by atoms with E-state index in [0.717, 1.165) is 12.1 Å². The second-order valence-corrected chi connectivity index (χ2v) is 5.09. The van der Waals surface area contributed by atoms with Crippen molar-refractivity contribution in [3.63, 3.8) is 0 Å². The third kappa shape index (κ3) is 3.72. The molecule has 0 unspecified atom stereocenters. The SMILES string of the molecule is O=C(Cc1ccc(C(F)(F)F)cc1)N1C[C@@H](F)C[C@H]1CO. The van der Waals surface area contributed by atoms with Gasteiger partial charge in [-0.15, -0.1) is 0 Å². The molecule has 1 aromatic rings. The molecule has 1 amide bonds. The molecule has 0 radical (unpaired) electrons. The molecule has 2 atom stereocenters. The van der Waals surface area contributed by atoms with Crippen LogP contribution in [0.15, 0.2) is 24.3 Å². The molecule has 1 heterocycles. The fourth-order valence-electron chi connectivity index (χ4n) is 2.43. The highest BCUT2D eigenvalue weighted by atomic mass is 19.4. The molecule has 0 spiro atoms. The number of aliphatic hydroxyl groups excluding tert-OH is 1. The van der Waals surface area contributed by atoms with Gasteiger partial charge in [0.2, 0.25) is 5.91 Å². The zero-order chi connectivity index (χ0) is 15.6. The Kier molecular flexibility index (Phi) is 4.51. The molecule has 2 rings (SSSR count). The molecule has 1 aromatic carbocycles. The van der Waals surface area contributed by atoms with E-state index in [1.807, 2.05) is 0 Å². The lowest BCUT2D eigenvalue weighted by molar-refractivity contribution is -0.137. The Morgan fingerprint density at radius 1 is 1.29 bits per heavy atom. The van der Waals surface area contributed by atoms with Crippen LogP contribution in [0.25, 0.3) is 0 Å². The van der Waals surface area contributed by atoms with E-state index < -0.39 is 29.9 Å². The first kappa shape index (κ1) is 15.8. The van der Waals surface area contributed by atoms with Crippen LogP contribution in [0.3, 0.4) is 0 Å². The van der Waals surface area contributed by atoms with Crippen molar-refractivity contribution in [3.8, 4) is 0 Å². The van der Waals surface area contributed by atoms with Crippen LogP contribution >= 0.6 is 0 Å². The van der Waals surface area contributed by atoms with Crippen LogP contribution in [-0.2, 0) is 17.4 Å². The maximum absolute atomic E-state index is 13.3. The summed E-state index contributed by atoms with van der Waals surface area (Å²) in [4.78, 5) is 13.3.